The van der Waals surface area contributed by atoms with Gasteiger partial charge in [-0.05, 0) is 30.4 Å². The predicted molar refractivity (Wildman–Crippen MR) is 71.1 cm³/mol. The summed E-state index contributed by atoms with van der Waals surface area (Å²) in [5.41, 5.74) is 7.86. The number of pyridine rings is 1. The van der Waals surface area contributed by atoms with Crippen LogP contribution in [0, 0.1) is 5.92 Å². The van der Waals surface area contributed by atoms with Crippen LogP contribution in [-0.2, 0) is 13.0 Å². The first-order valence-electron chi connectivity index (χ1n) is 6.48. The van der Waals surface area contributed by atoms with Crippen molar-refractivity contribution in [2.45, 2.75) is 46.6 Å². The molecule has 1 aromatic heterocycles. The average Bonchev–Trinajstić information content (AvgIpc) is 2.28. The second-order valence-electron chi connectivity index (χ2n) is 4.79. The molecule has 0 atom stereocenters. The number of aryl methyl sites for hydroxylation is 1. The maximum atomic E-state index is 5.68. The zero-order valence-corrected chi connectivity index (χ0v) is 11.2. The monoisotopic (exact) mass is 236 g/mol. The average molecular weight is 236 g/mol. The number of hydrogen-bond donors (Lipinski definition) is 1. The molecule has 1 rings (SSSR count). The molecule has 0 bridgehead atoms. The fourth-order valence-electron chi connectivity index (χ4n) is 1.60. The Morgan fingerprint density at radius 2 is 2.12 bits per heavy atom. The first-order chi connectivity index (χ1) is 8.15. The largest absolute Gasteiger partial charge is 0.478 e. The van der Waals surface area contributed by atoms with Crippen LogP contribution in [0.3, 0.4) is 0 Å². The Morgan fingerprint density at radius 3 is 2.71 bits per heavy atom. The summed E-state index contributed by atoms with van der Waals surface area (Å²) < 4.78 is 5.68. The predicted octanol–water partition coefficient (Wildman–Crippen LogP) is 2.92. The molecule has 0 aliphatic rings. The van der Waals surface area contributed by atoms with Gasteiger partial charge >= 0.3 is 0 Å². The summed E-state index contributed by atoms with van der Waals surface area (Å²) in [6.45, 7) is 7.80. The minimum Gasteiger partial charge on any atom is -0.478 e. The van der Waals surface area contributed by atoms with Crippen LogP contribution in [0.1, 0.15) is 44.9 Å². The summed E-state index contributed by atoms with van der Waals surface area (Å²) in [6, 6.07) is 4.01. The second kappa shape index (κ2) is 7.28. The van der Waals surface area contributed by atoms with E-state index in [0.29, 0.717) is 12.5 Å². The molecule has 0 aliphatic carbocycles. The molecule has 0 aromatic carbocycles. The van der Waals surface area contributed by atoms with Crippen molar-refractivity contribution < 1.29 is 4.74 Å². The standard InChI is InChI=1S/C14H24N2O/c1-4-5-13-8-12(10-15)9-14(16-13)17-7-6-11(2)3/h8-9,11H,4-7,10,15H2,1-3H3. The Balaban J connectivity index is 2.66. The third kappa shape index (κ3) is 5.18. The molecule has 17 heavy (non-hydrogen) atoms. The smallest absolute Gasteiger partial charge is 0.213 e. The van der Waals surface area contributed by atoms with Crippen molar-refractivity contribution in [3.63, 3.8) is 0 Å². The Morgan fingerprint density at radius 1 is 1.35 bits per heavy atom. The van der Waals surface area contributed by atoms with Crippen molar-refractivity contribution in [3.8, 4) is 5.88 Å². The van der Waals surface area contributed by atoms with E-state index in [0.717, 1.165) is 43.0 Å². The molecule has 3 nitrogen and oxygen atoms in total. The lowest BCUT2D eigenvalue weighted by molar-refractivity contribution is 0.278. The summed E-state index contributed by atoms with van der Waals surface area (Å²) in [5.74, 6) is 1.37. The van der Waals surface area contributed by atoms with Gasteiger partial charge in [0.2, 0.25) is 5.88 Å². The van der Waals surface area contributed by atoms with Crippen LogP contribution in [0.5, 0.6) is 5.88 Å². The van der Waals surface area contributed by atoms with Gasteiger partial charge in [-0.15, -0.1) is 0 Å². The maximum Gasteiger partial charge on any atom is 0.213 e. The Bertz CT molecular complexity index is 337. The van der Waals surface area contributed by atoms with Crippen LogP contribution in [-0.4, -0.2) is 11.6 Å². The minimum absolute atomic E-state index is 0.541. The molecule has 0 spiro atoms. The summed E-state index contributed by atoms with van der Waals surface area (Å²) in [5, 5.41) is 0. The highest BCUT2D eigenvalue weighted by Crippen LogP contribution is 2.14. The lowest BCUT2D eigenvalue weighted by atomic mass is 10.1. The fraction of sp³-hybridized carbons (Fsp3) is 0.643. The molecular formula is C14H24N2O. The zero-order chi connectivity index (χ0) is 12.7. The van der Waals surface area contributed by atoms with Crippen LogP contribution >= 0.6 is 0 Å². The molecule has 2 N–H and O–H groups in total. The number of hydrogen-bond acceptors (Lipinski definition) is 3. The SMILES string of the molecule is CCCc1cc(CN)cc(OCCC(C)C)n1. The lowest BCUT2D eigenvalue weighted by Gasteiger charge is -2.10. The van der Waals surface area contributed by atoms with Crippen LogP contribution < -0.4 is 10.5 Å². The van der Waals surface area contributed by atoms with E-state index in [1.165, 1.54) is 0 Å². The lowest BCUT2D eigenvalue weighted by Crippen LogP contribution is -2.06. The molecule has 0 aliphatic heterocycles. The van der Waals surface area contributed by atoms with Gasteiger partial charge in [0.1, 0.15) is 0 Å². The Hall–Kier alpha value is -1.09. The van der Waals surface area contributed by atoms with Gasteiger partial charge in [0, 0.05) is 18.3 Å². The van der Waals surface area contributed by atoms with E-state index >= 15 is 0 Å². The molecule has 3 heteroatoms. The van der Waals surface area contributed by atoms with Crippen LogP contribution in [0.25, 0.3) is 0 Å². The van der Waals surface area contributed by atoms with Gasteiger partial charge in [-0.3, -0.25) is 0 Å². The van der Waals surface area contributed by atoms with Gasteiger partial charge in [0.05, 0.1) is 6.61 Å². The first-order valence-corrected chi connectivity index (χ1v) is 6.48. The van der Waals surface area contributed by atoms with Gasteiger partial charge in [0.25, 0.3) is 0 Å². The van der Waals surface area contributed by atoms with Crippen LogP contribution in [0.2, 0.25) is 0 Å². The molecule has 1 aromatic rings. The maximum absolute atomic E-state index is 5.68. The second-order valence-corrected chi connectivity index (χ2v) is 4.79. The summed E-state index contributed by atoms with van der Waals surface area (Å²) in [7, 11) is 0. The summed E-state index contributed by atoms with van der Waals surface area (Å²) in [4.78, 5) is 4.49. The van der Waals surface area contributed by atoms with Gasteiger partial charge in [-0.1, -0.05) is 27.2 Å². The molecule has 0 saturated carbocycles. The quantitative estimate of drug-likeness (QED) is 0.792. The van der Waals surface area contributed by atoms with Crippen molar-refractivity contribution >= 4 is 0 Å². The van der Waals surface area contributed by atoms with Gasteiger partial charge < -0.3 is 10.5 Å². The van der Waals surface area contributed by atoms with Crippen LogP contribution in [0.15, 0.2) is 12.1 Å². The highest BCUT2D eigenvalue weighted by atomic mass is 16.5. The van der Waals surface area contributed by atoms with Crippen molar-refractivity contribution in [1.82, 2.24) is 4.98 Å². The highest BCUT2D eigenvalue weighted by molar-refractivity contribution is 5.25. The van der Waals surface area contributed by atoms with Gasteiger partial charge in [-0.2, -0.15) is 0 Å². The molecule has 0 saturated heterocycles. The number of nitrogens with zero attached hydrogens (tertiary/aromatic N) is 1. The van der Waals surface area contributed by atoms with Crippen molar-refractivity contribution in [3.05, 3.63) is 23.4 Å². The topological polar surface area (TPSA) is 48.1 Å². The molecule has 0 radical (unpaired) electrons. The number of rotatable bonds is 7. The van der Waals surface area contributed by atoms with E-state index in [4.69, 9.17) is 10.5 Å². The van der Waals surface area contributed by atoms with Crippen molar-refractivity contribution in [2.24, 2.45) is 11.7 Å². The number of ether oxygens (including phenoxy) is 1. The van der Waals surface area contributed by atoms with E-state index in [-0.39, 0.29) is 0 Å². The third-order valence-electron chi connectivity index (χ3n) is 2.60. The van der Waals surface area contributed by atoms with E-state index in [2.05, 4.69) is 31.8 Å². The molecule has 1 heterocycles. The Labute approximate surface area is 104 Å². The van der Waals surface area contributed by atoms with Crippen LogP contribution in [0.4, 0.5) is 0 Å². The fourth-order valence-corrected chi connectivity index (χ4v) is 1.60. The zero-order valence-electron chi connectivity index (χ0n) is 11.2. The Kier molecular flexibility index (Phi) is 5.98. The van der Waals surface area contributed by atoms with Gasteiger partial charge in [-0.25, -0.2) is 4.98 Å². The molecule has 0 amide bonds. The molecule has 96 valence electrons. The van der Waals surface area contributed by atoms with Gasteiger partial charge in [0.15, 0.2) is 0 Å². The summed E-state index contributed by atoms with van der Waals surface area (Å²) in [6.07, 6.45) is 3.12. The summed E-state index contributed by atoms with van der Waals surface area (Å²) >= 11 is 0. The number of aromatic nitrogens is 1. The normalized spacial score (nSPS) is 10.9. The number of nitrogens with two attached hydrogens (primary N) is 1. The third-order valence-corrected chi connectivity index (χ3v) is 2.60. The van der Waals surface area contributed by atoms with Crippen molar-refractivity contribution in [2.75, 3.05) is 6.61 Å². The molecule has 0 fully saturated rings. The first kappa shape index (κ1) is 14.0. The molecular weight excluding hydrogens is 212 g/mol. The highest BCUT2D eigenvalue weighted by Gasteiger charge is 2.03. The van der Waals surface area contributed by atoms with E-state index in [9.17, 15) is 0 Å². The molecule has 0 unspecified atom stereocenters. The van der Waals surface area contributed by atoms with E-state index in [1.54, 1.807) is 0 Å². The minimum atomic E-state index is 0.541. The van der Waals surface area contributed by atoms with E-state index in [1.807, 2.05) is 6.07 Å². The van der Waals surface area contributed by atoms with E-state index < -0.39 is 0 Å². The van der Waals surface area contributed by atoms with Crippen molar-refractivity contribution in [1.29, 1.82) is 0 Å².